The minimum atomic E-state index is -0.933. The van der Waals surface area contributed by atoms with E-state index in [4.69, 9.17) is 9.47 Å². The van der Waals surface area contributed by atoms with Crippen molar-refractivity contribution in [2.45, 2.75) is 6.10 Å². The zero-order chi connectivity index (χ0) is 14.7. The van der Waals surface area contributed by atoms with Gasteiger partial charge in [0.2, 0.25) is 0 Å². The normalized spacial score (nSPS) is 12.1. The Morgan fingerprint density at radius 1 is 1.00 bits per heavy atom. The van der Waals surface area contributed by atoms with Gasteiger partial charge >= 0.3 is 0 Å². The molecule has 2 rings (SSSR count). The van der Waals surface area contributed by atoms with E-state index in [1.807, 2.05) is 0 Å². The van der Waals surface area contributed by atoms with Gasteiger partial charge in [-0.2, -0.15) is 0 Å². The predicted octanol–water partition coefficient (Wildman–Crippen LogP) is 3.69. The molecule has 0 heterocycles. The Morgan fingerprint density at radius 2 is 1.60 bits per heavy atom. The maximum Gasteiger partial charge on any atom is 0.161 e. The van der Waals surface area contributed by atoms with E-state index >= 15 is 0 Å². The highest BCUT2D eigenvalue weighted by atomic mass is 79.9. The van der Waals surface area contributed by atoms with Crippen LogP contribution in [0.5, 0.6) is 11.5 Å². The van der Waals surface area contributed by atoms with Crippen LogP contribution in [0.3, 0.4) is 0 Å². The van der Waals surface area contributed by atoms with Gasteiger partial charge in [0.1, 0.15) is 11.9 Å². The van der Waals surface area contributed by atoms with Gasteiger partial charge in [-0.1, -0.05) is 12.1 Å². The number of hydrogen-bond donors (Lipinski definition) is 1. The molecule has 20 heavy (non-hydrogen) atoms. The van der Waals surface area contributed by atoms with Gasteiger partial charge in [-0.3, -0.25) is 0 Å². The van der Waals surface area contributed by atoms with Crippen molar-refractivity contribution >= 4 is 15.9 Å². The van der Waals surface area contributed by atoms with E-state index in [-0.39, 0.29) is 0 Å². The number of aliphatic hydroxyl groups excluding tert-OH is 1. The SMILES string of the molecule is COc1ccc(C(O)c2ccc(Br)c(F)c2)cc1OC. The highest BCUT2D eigenvalue weighted by molar-refractivity contribution is 9.10. The quantitative estimate of drug-likeness (QED) is 0.922. The number of benzene rings is 2. The Balaban J connectivity index is 2.37. The number of aliphatic hydroxyl groups is 1. The summed E-state index contributed by atoms with van der Waals surface area (Å²) in [6.07, 6.45) is -0.933. The number of methoxy groups -OCH3 is 2. The summed E-state index contributed by atoms with van der Waals surface area (Å²) in [6.45, 7) is 0. The monoisotopic (exact) mass is 340 g/mol. The number of rotatable bonds is 4. The van der Waals surface area contributed by atoms with Gasteiger partial charge in [-0.25, -0.2) is 4.39 Å². The average molecular weight is 341 g/mol. The summed E-state index contributed by atoms with van der Waals surface area (Å²) in [6, 6.07) is 9.61. The molecule has 0 aliphatic carbocycles. The van der Waals surface area contributed by atoms with Crippen molar-refractivity contribution in [1.82, 2.24) is 0 Å². The summed E-state index contributed by atoms with van der Waals surface area (Å²) >= 11 is 3.08. The molecule has 1 atom stereocenters. The van der Waals surface area contributed by atoms with E-state index in [0.29, 0.717) is 27.1 Å². The van der Waals surface area contributed by atoms with Crippen molar-refractivity contribution in [1.29, 1.82) is 0 Å². The van der Waals surface area contributed by atoms with Gasteiger partial charge in [-0.05, 0) is 51.3 Å². The molecule has 0 saturated carbocycles. The first-order valence-electron chi connectivity index (χ1n) is 5.91. The lowest BCUT2D eigenvalue weighted by Gasteiger charge is -2.15. The molecule has 0 amide bonds. The topological polar surface area (TPSA) is 38.7 Å². The van der Waals surface area contributed by atoms with Crippen molar-refractivity contribution in [3.8, 4) is 11.5 Å². The van der Waals surface area contributed by atoms with E-state index in [2.05, 4.69) is 15.9 Å². The Labute approximate surface area is 125 Å². The van der Waals surface area contributed by atoms with Crippen LogP contribution in [0.25, 0.3) is 0 Å². The molecule has 0 bridgehead atoms. The van der Waals surface area contributed by atoms with Crippen molar-refractivity contribution in [2.75, 3.05) is 14.2 Å². The molecule has 3 nitrogen and oxygen atoms in total. The summed E-state index contributed by atoms with van der Waals surface area (Å²) < 4.78 is 24.2. The van der Waals surface area contributed by atoms with E-state index in [1.165, 1.54) is 20.3 Å². The lowest BCUT2D eigenvalue weighted by atomic mass is 10.0. The van der Waals surface area contributed by atoms with Gasteiger partial charge in [0.25, 0.3) is 0 Å². The number of hydrogen-bond acceptors (Lipinski definition) is 3. The van der Waals surface area contributed by atoms with Crippen molar-refractivity contribution in [3.63, 3.8) is 0 Å². The summed E-state index contributed by atoms with van der Waals surface area (Å²) in [4.78, 5) is 0. The lowest BCUT2D eigenvalue weighted by Crippen LogP contribution is -2.01. The average Bonchev–Trinajstić information content (AvgIpc) is 2.48. The van der Waals surface area contributed by atoms with Crippen LogP contribution in [0, 0.1) is 5.82 Å². The van der Waals surface area contributed by atoms with E-state index in [0.717, 1.165) is 0 Å². The molecule has 2 aromatic rings. The largest absolute Gasteiger partial charge is 0.493 e. The minimum absolute atomic E-state index is 0.362. The molecule has 0 aromatic heterocycles. The van der Waals surface area contributed by atoms with Crippen molar-refractivity contribution in [2.24, 2.45) is 0 Å². The third-order valence-corrected chi connectivity index (χ3v) is 3.63. The molecule has 0 fully saturated rings. The first-order chi connectivity index (χ1) is 9.56. The van der Waals surface area contributed by atoms with Gasteiger partial charge in [0.05, 0.1) is 18.7 Å². The second-order valence-electron chi connectivity index (χ2n) is 4.19. The molecule has 2 aromatic carbocycles. The molecular weight excluding hydrogens is 327 g/mol. The zero-order valence-electron chi connectivity index (χ0n) is 11.1. The van der Waals surface area contributed by atoms with Crippen molar-refractivity contribution in [3.05, 3.63) is 57.8 Å². The van der Waals surface area contributed by atoms with Gasteiger partial charge in [-0.15, -0.1) is 0 Å². The third-order valence-electron chi connectivity index (χ3n) is 2.98. The molecular formula is C15H14BrFO3. The Hall–Kier alpha value is -1.59. The van der Waals surface area contributed by atoms with E-state index in [9.17, 15) is 9.50 Å². The first kappa shape index (κ1) is 14.8. The van der Waals surface area contributed by atoms with E-state index < -0.39 is 11.9 Å². The Morgan fingerprint density at radius 3 is 2.20 bits per heavy atom. The Kier molecular flexibility index (Phi) is 4.62. The maximum atomic E-state index is 13.5. The fraction of sp³-hybridized carbons (Fsp3) is 0.200. The fourth-order valence-corrected chi connectivity index (χ4v) is 2.14. The molecule has 0 radical (unpaired) electrons. The zero-order valence-corrected chi connectivity index (χ0v) is 12.6. The van der Waals surface area contributed by atoms with Crippen molar-refractivity contribution < 1.29 is 19.0 Å². The molecule has 5 heteroatoms. The molecule has 0 aliphatic heterocycles. The minimum Gasteiger partial charge on any atom is -0.493 e. The molecule has 106 valence electrons. The lowest BCUT2D eigenvalue weighted by molar-refractivity contribution is 0.219. The second kappa shape index (κ2) is 6.24. The van der Waals surface area contributed by atoms with Crippen LogP contribution in [-0.2, 0) is 0 Å². The number of halogens is 2. The van der Waals surface area contributed by atoms with Crippen LogP contribution in [-0.4, -0.2) is 19.3 Å². The second-order valence-corrected chi connectivity index (χ2v) is 5.04. The standard InChI is InChI=1S/C15H14BrFO3/c1-19-13-6-4-10(8-14(13)20-2)15(18)9-3-5-11(16)12(17)7-9/h3-8,15,18H,1-2H3. The van der Waals surface area contributed by atoms with Crippen LogP contribution in [0.15, 0.2) is 40.9 Å². The van der Waals surface area contributed by atoms with Crippen LogP contribution in [0.4, 0.5) is 4.39 Å². The van der Waals surface area contributed by atoms with Crippen LogP contribution in [0.2, 0.25) is 0 Å². The third kappa shape index (κ3) is 2.94. The summed E-state index contributed by atoms with van der Waals surface area (Å²) in [7, 11) is 3.06. The van der Waals surface area contributed by atoms with Gasteiger partial charge in [0.15, 0.2) is 11.5 Å². The Bertz CT molecular complexity index is 616. The molecule has 0 saturated heterocycles. The smallest absolute Gasteiger partial charge is 0.161 e. The van der Waals surface area contributed by atoms with Gasteiger partial charge in [0, 0.05) is 0 Å². The fourth-order valence-electron chi connectivity index (χ4n) is 1.90. The van der Waals surface area contributed by atoms with Gasteiger partial charge < -0.3 is 14.6 Å². The van der Waals surface area contributed by atoms with Crippen LogP contribution >= 0.6 is 15.9 Å². The molecule has 0 spiro atoms. The van der Waals surface area contributed by atoms with Crippen LogP contribution in [0.1, 0.15) is 17.2 Å². The molecule has 1 unspecified atom stereocenters. The van der Waals surface area contributed by atoms with E-state index in [1.54, 1.807) is 30.3 Å². The highest BCUT2D eigenvalue weighted by Gasteiger charge is 2.15. The predicted molar refractivity (Wildman–Crippen MR) is 77.7 cm³/mol. The summed E-state index contributed by atoms with van der Waals surface area (Å²) in [5, 5.41) is 10.3. The maximum absolute atomic E-state index is 13.5. The summed E-state index contributed by atoms with van der Waals surface area (Å²) in [5.41, 5.74) is 1.07. The number of ether oxygens (including phenoxy) is 2. The molecule has 0 aliphatic rings. The van der Waals surface area contributed by atoms with Crippen LogP contribution < -0.4 is 9.47 Å². The first-order valence-corrected chi connectivity index (χ1v) is 6.71. The summed E-state index contributed by atoms with van der Waals surface area (Å²) in [5.74, 6) is 0.675. The molecule has 1 N–H and O–H groups in total. The highest BCUT2D eigenvalue weighted by Crippen LogP contribution is 2.32.